The largest absolute Gasteiger partial charge is 0.497 e. The molecule has 2 aromatic rings. The lowest BCUT2D eigenvalue weighted by molar-refractivity contribution is 0.0531. The topological polar surface area (TPSA) is 54.9 Å². The first kappa shape index (κ1) is 22.1. The summed E-state index contributed by atoms with van der Waals surface area (Å²) in [6.07, 6.45) is 2.61. The van der Waals surface area contributed by atoms with Crippen LogP contribution >= 0.6 is 0 Å². The van der Waals surface area contributed by atoms with Crippen LogP contribution in [-0.2, 0) is 16.6 Å². The van der Waals surface area contributed by atoms with Gasteiger partial charge in [0, 0.05) is 31.7 Å². The maximum Gasteiger partial charge on any atom is 0.191 e. The van der Waals surface area contributed by atoms with Gasteiger partial charge in [-0.05, 0) is 61.6 Å². The molecule has 6 heteroatoms. The number of benzene rings is 2. The van der Waals surface area contributed by atoms with Crippen molar-refractivity contribution in [3.63, 3.8) is 0 Å². The second-order valence-corrected chi connectivity index (χ2v) is 7.62. The van der Waals surface area contributed by atoms with E-state index < -0.39 is 0 Å². The summed E-state index contributed by atoms with van der Waals surface area (Å²) < 4.78 is 24.3. The minimum absolute atomic E-state index is 0.0462. The van der Waals surface area contributed by atoms with Gasteiger partial charge < -0.3 is 20.1 Å². The minimum atomic E-state index is -0.200. The zero-order valence-corrected chi connectivity index (χ0v) is 17.9. The quantitative estimate of drug-likeness (QED) is 0.512. The van der Waals surface area contributed by atoms with E-state index in [4.69, 9.17) is 14.5 Å². The second-order valence-electron chi connectivity index (χ2n) is 7.62. The minimum Gasteiger partial charge on any atom is -0.497 e. The zero-order valence-electron chi connectivity index (χ0n) is 17.9. The molecule has 30 heavy (non-hydrogen) atoms. The smallest absolute Gasteiger partial charge is 0.191 e. The molecule has 5 nitrogen and oxygen atoms in total. The number of nitrogens with zero attached hydrogens (tertiary/aromatic N) is 1. The van der Waals surface area contributed by atoms with Gasteiger partial charge in [-0.3, -0.25) is 4.99 Å². The number of nitrogens with one attached hydrogen (secondary N) is 2. The molecule has 162 valence electrons. The zero-order chi connectivity index (χ0) is 21.2. The lowest BCUT2D eigenvalue weighted by Gasteiger charge is -2.36. The average molecular weight is 414 g/mol. The van der Waals surface area contributed by atoms with Gasteiger partial charge in [-0.25, -0.2) is 4.39 Å². The van der Waals surface area contributed by atoms with E-state index in [0.29, 0.717) is 13.1 Å². The van der Waals surface area contributed by atoms with E-state index in [-0.39, 0.29) is 11.2 Å². The number of rotatable bonds is 8. The molecule has 0 saturated carbocycles. The normalized spacial score (nSPS) is 16.2. The van der Waals surface area contributed by atoms with Crippen LogP contribution in [0.5, 0.6) is 5.75 Å². The molecule has 2 aromatic carbocycles. The summed E-state index contributed by atoms with van der Waals surface area (Å²) in [6.45, 7) is 5.68. The van der Waals surface area contributed by atoms with Crippen molar-refractivity contribution in [3.05, 3.63) is 65.5 Å². The maximum absolute atomic E-state index is 13.4. The number of guanidine groups is 1. The van der Waals surface area contributed by atoms with Gasteiger partial charge in [-0.1, -0.05) is 24.3 Å². The van der Waals surface area contributed by atoms with Crippen LogP contribution < -0.4 is 15.4 Å². The molecule has 1 heterocycles. The Hall–Kier alpha value is -2.60. The van der Waals surface area contributed by atoms with Crippen LogP contribution in [0, 0.1) is 5.82 Å². The van der Waals surface area contributed by atoms with Gasteiger partial charge in [0.25, 0.3) is 0 Å². The van der Waals surface area contributed by atoms with E-state index >= 15 is 0 Å². The number of hydrogen-bond acceptors (Lipinski definition) is 3. The Morgan fingerprint density at radius 2 is 1.90 bits per heavy atom. The third kappa shape index (κ3) is 5.95. The molecule has 0 bridgehead atoms. The van der Waals surface area contributed by atoms with Crippen LogP contribution in [0.15, 0.2) is 53.5 Å². The first-order valence-electron chi connectivity index (χ1n) is 10.6. The van der Waals surface area contributed by atoms with Crippen molar-refractivity contribution in [2.75, 3.05) is 40.0 Å². The van der Waals surface area contributed by atoms with Crippen molar-refractivity contribution in [1.82, 2.24) is 10.6 Å². The first-order chi connectivity index (χ1) is 14.6. The van der Waals surface area contributed by atoms with Crippen molar-refractivity contribution in [1.29, 1.82) is 0 Å². The van der Waals surface area contributed by atoms with Gasteiger partial charge in [0.1, 0.15) is 11.6 Å². The number of ether oxygens (including phenoxy) is 2. The van der Waals surface area contributed by atoms with Gasteiger partial charge in [-0.2, -0.15) is 0 Å². The number of aliphatic imine (C=N–C) groups is 1. The first-order valence-corrected chi connectivity index (χ1v) is 10.6. The van der Waals surface area contributed by atoms with Gasteiger partial charge in [0.15, 0.2) is 5.96 Å². The highest BCUT2D eigenvalue weighted by molar-refractivity contribution is 5.79. The lowest BCUT2D eigenvalue weighted by Crippen LogP contribution is -2.41. The van der Waals surface area contributed by atoms with Gasteiger partial charge in [0.2, 0.25) is 0 Å². The molecular formula is C24H32FN3O2. The highest BCUT2D eigenvalue weighted by Crippen LogP contribution is 2.36. The summed E-state index contributed by atoms with van der Waals surface area (Å²) in [7, 11) is 1.68. The molecule has 0 spiro atoms. The van der Waals surface area contributed by atoms with E-state index in [2.05, 4.69) is 29.7 Å². The summed E-state index contributed by atoms with van der Waals surface area (Å²) in [4.78, 5) is 4.91. The molecule has 3 rings (SSSR count). The summed E-state index contributed by atoms with van der Waals surface area (Å²) in [5.74, 6) is 1.44. The van der Waals surface area contributed by atoms with E-state index in [0.717, 1.165) is 56.3 Å². The van der Waals surface area contributed by atoms with E-state index in [1.807, 2.05) is 18.2 Å². The summed E-state index contributed by atoms with van der Waals surface area (Å²) in [6, 6.07) is 15.0. The Morgan fingerprint density at radius 3 is 2.57 bits per heavy atom. The number of halogens is 1. The van der Waals surface area contributed by atoms with E-state index in [1.54, 1.807) is 19.2 Å². The molecule has 0 unspecified atom stereocenters. The Labute approximate surface area is 178 Å². The average Bonchev–Trinajstić information content (AvgIpc) is 2.78. The maximum atomic E-state index is 13.4. The monoisotopic (exact) mass is 413 g/mol. The number of methoxy groups -OCH3 is 1. The standard InChI is InChI=1S/C24H32FN3O2/c1-3-26-23(27-14-11-19-5-4-6-21(25)17-19)28-18-24(12-15-30-16-13-24)20-7-9-22(29-2)10-8-20/h4-10,17H,3,11-16,18H2,1-2H3,(H2,26,27,28). The summed E-state index contributed by atoms with van der Waals surface area (Å²) in [5.41, 5.74) is 2.19. The lowest BCUT2D eigenvalue weighted by atomic mass is 9.74. The van der Waals surface area contributed by atoms with Crippen LogP contribution in [-0.4, -0.2) is 45.9 Å². The fourth-order valence-corrected chi connectivity index (χ4v) is 3.83. The fraction of sp³-hybridized carbons (Fsp3) is 0.458. The molecule has 0 aliphatic carbocycles. The Morgan fingerprint density at radius 1 is 1.13 bits per heavy atom. The Balaban J connectivity index is 1.68. The molecular weight excluding hydrogens is 381 g/mol. The van der Waals surface area contributed by atoms with Gasteiger partial charge in [0.05, 0.1) is 13.7 Å². The van der Waals surface area contributed by atoms with Crippen molar-refractivity contribution in [3.8, 4) is 5.75 Å². The number of hydrogen-bond donors (Lipinski definition) is 2. The van der Waals surface area contributed by atoms with Crippen molar-refractivity contribution >= 4 is 5.96 Å². The van der Waals surface area contributed by atoms with Gasteiger partial charge >= 0.3 is 0 Å². The Kier molecular flexibility index (Phi) is 8.08. The third-order valence-corrected chi connectivity index (χ3v) is 5.63. The highest BCUT2D eigenvalue weighted by Gasteiger charge is 2.34. The molecule has 0 amide bonds. The van der Waals surface area contributed by atoms with Crippen LogP contribution in [0.1, 0.15) is 30.9 Å². The highest BCUT2D eigenvalue weighted by atomic mass is 19.1. The van der Waals surface area contributed by atoms with Crippen molar-refractivity contribution < 1.29 is 13.9 Å². The molecule has 0 atom stereocenters. The molecule has 1 fully saturated rings. The van der Waals surface area contributed by atoms with Crippen LogP contribution in [0.2, 0.25) is 0 Å². The molecule has 0 radical (unpaired) electrons. The molecule has 0 aromatic heterocycles. The van der Waals surface area contributed by atoms with E-state index in [9.17, 15) is 4.39 Å². The molecule has 2 N–H and O–H groups in total. The van der Waals surface area contributed by atoms with Crippen LogP contribution in [0.3, 0.4) is 0 Å². The molecule has 1 saturated heterocycles. The predicted octanol–water partition coefficient (Wildman–Crippen LogP) is 3.68. The van der Waals surface area contributed by atoms with Crippen molar-refractivity contribution in [2.24, 2.45) is 4.99 Å². The Bertz CT molecular complexity index is 817. The van der Waals surface area contributed by atoms with Crippen LogP contribution in [0.4, 0.5) is 4.39 Å². The molecule has 1 aliphatic heterocycles. The summed E-state index contributed by atoms with van der Waals surface area (Å²) >= 11 is 0. The fourth-order valence-electron chi connectivity index (χ4n) is 3.83. The van der Waals surface area contributed by atoms with Gasteiger partial charge in [-0.15, -0.1) is 0 Å². The van der Waals surface area contributed by atoms with E-state index in [1.165, 1.54) is 11.6 Å². The molecule has 1 aliphatic rings. The predicted molar refractivity (Wildman–Crippen MR) is 119 cm³/mol. The third-order valence-electron chi connectivity index (χ3n) is 5.63. The second kappa shape index (κ2) is 11.0. The van der Waals surface area contributed by atoms with Crippen LogP contribution in [0.25, 0.3) is 0 Å². The van der Waals surface area contributed by atoms with Crippen molar-refractivity contribution in [2.45, 2.75) is 31.6 Å². The SMILES string of the molecule is CCNC(=NCC1(c2ccc(OC)cc2)CCOCC1)NCCc1cccc(F)c1. The summed E-state index contributed by atoms with van der Waals surface area (Å²) in [5, 5.41) is 6.70.